The highest BCUT2D eigenvalue weighted by Crippen LogP contribution is 2.31. The highest BCUT2D eigenvalue weighted by Gasteiger charge is 2.17. The largest absolute Gasteiger partial charge is 0.243 e. The minimum atomic E-state index is 0.494. The molecule has 1 aromatic carbocycles. The van der Waals surface area contributed by atoms with Gasteiger partial charge in [0.2, 0.25) is 0 Å². The third-order valence-electron chi connectivity index (χ3n) is 3.59. The van der Waals surface area contributed by atoms with Gasteiger partial charge < -0.3 is 0 Å². The third kappa shape index (κ3) is 2.89. The number of nitrogens with zero attached hydrogens (tertiary/aromatic N) is 4. The van der Waals surface area contributed by atoms with Crippen molar-refractivity contribution in [1.82, 2.24) is 9.78 Å². The van der Waals surface area contributed by atoms with Crippen molar-refractivity contribution in [2.45, 2.75) is 38.1 Å². The van der Waals surface area contributed by atoms with Crippen LogP contribution in [0.2, 0.25) is 0 Å². The van der Waals surface area contributed by atoms with Crippen LogP contribution in [0, 0.1) is 0 Å². The molecule has 0 atom stereocenters. The molecule has 1 aromatic heterocycles. The molecule has 1 aliphatic carbocycles. The van der Waals surface area contributed by atoms with Crippen LogP contribution in [-0.2, 0) is 0 Å². The number of benzene rings is 1. The lowest BCUT2D eigenvalue weighted by molar-refractivity contribution is 0.331. The van der Waals surface area contributed by atoms with Crippen molar-refractivity contribution in [2.75, 3.05) is 0 Å². The van der Waals surface area contributed by atoms with Gasteiger partial charge in [-0.3, -0.25) is 0 Å². The van der Waals surface area contributed by atoms with Gasteiger partial charge in [-0.1, -0.05) is 37.5 Å². The lowest BCUT2D eigenvalue weighted by atomic mass is 9.96. The van der Waals surface area contributed by atoms with E-state index in [1.54, 1.807) is 0 Å². The van der Waals surface area contributed by atoms with E-state index < -0.39 is 0 Å². The Bertz CT molecular complexity index is 538. The topological polar surface area (TPSA) is 42.5 Å². The van der Waals surface area contributed by atoms with Gasteiger partial charge in [-0.25, -0.2) is 4.68 Å². The van der Waals surface area contributed by atoms with Gasteiger partial charge in [0.05, 0.1) is 17.9 Å². The molecule has 0 spiro atoms. The predicted octanol–water partition coefficient (Wildman–Crippen LogP) is 4.80. The molecule has 19 heavy (non-hydrogen) atoms. The summed E-state index contributed by atoms with van der Waals surface area (Å²) < 4.78 is 2.03. The van der Waals surface area contributed by atoms with E-state index in [9.17, 15) is 0 Å². The molecule has 4 nitrogen and oxygen atoms in total. The first-order chi connectivity index (χ1) is 9.43. The van der Waals surface area contributed by atoms with Crippen LogP contribution in [0.1, 0.15) is 38.1 Å². The number of azo groups is 1. The van der Waals surface area contributed by atoms with E-state index in [4.69, 9.17) is 0 Å². The van der Waals surface area contributed by atoms with Crippen LogP contribution in [0.4, 0.5) is 11.5 Å². The summed E-state index contributed by atoms with van der Waals surface area (Å²) in [5.74, 6) is 0.857. The summed E-state index contributed by atoms with van der Waals surface area (Å²) in [6.45, 7) is 0. The summed E-state index contributed by atoms with van der Waals surface area (Å²) in [4.78, 5) is 0. The predicted molar refractivity (Wildman–Crippen MR) is 75.0 cm³/mol. The molecule has 0 N–H and O–H groups in total. The first-order valence-corrected chi connectivity index (χ1v) is 6.94. The number of hydrogen-bond donors (Lipinski definition) is 0. The molecule has 0 bridgehead atoms. The van der Waals surface area contributed by atoms with Crippen LogP contribution in [0.15, 0.2) is 52.8 Å². The average Bonchev–Trinajstić information content (AvgIpc) is 2.95. The van der Waals surface area contributed by atoms with E-state index in [1.165, 1.54) is 32.1 Å². The molecule has 0 radical (unpaired) electrons. The lowest BCUT2D eigenvalue weighted by Gasteiger charge is -2.22. The van der Waals surface area contributed by atoms with E-state index in [-0.39, 0.29) is 0 Å². The third-order valence-corrected chi connectivity index (χ3v) is 3.59. The summed E-state index contributed by atoms with van der Waals surface area (Å²) in [7, 11) is 0. The highest BCUT2D eigenvalue weighted by atomic mass is 15.4. The second-order valence-electron chi connectivity index (χ2n) is 4.96. The molecule has 98 valence electrons. The van der Waals surface area contributed by atoms with Gasteiger partial charge in [0.1, 0.15) is 0 Å². The molecule has 0 unspecified atom stereocenters. The van der Waals surface area contributed by atoms with Gasteiger partial charge in [0.15, 0.2) is 5.82 Å². The van der Waals surface area contributed by atoms with E-state index >= 15 is 0 Å². The Hall–Kier alpha value is -1.97. The molecule has 4 heteroatoms. The minimum Gasteiger partial charge on any atom is -0.243 e. The van der Waals surface area contributed by atoms with Crippen molar-refractivity contribution in [2.24, 2.45) is 10.2 Å². The second kappa shape index (κ2) is 5.78. The zero-order valence-corrected chi connectivity index (χ0v) is 10.9. The zero-order valence-electron chi connectivity index (χ0n) is 10.9. The molecule has 1 fully saturated rings. The fourth-order valence-electron chi connectivity index (χ4n) is 2.60. The molecule has 0 aliphatic heterocycles. The quantitative estimate of drug-likeness (QED) is 0.725. The Morgan fingerprint density at radius 2 is 1.74 bits per heavy atom. The lowest BCUT2D eigenvalue weighted by Crippen LogP contribution is -2.13. The maximum atomic E-state index is 4.42. The second-order valence-corrected chi connectivity index (χ2v) is 4.96. The van der Waals surface area contributed by atoms with Crippen LogP contribution in [-0.4, -0.2) is 9.78 Å². The summed E-state index contributed by atoms with van der Waals surface area (Å²) in [5.41, 5.74) is 0.874. The summed E-state index contributed by atoms with van der Waals surface area (Å²) in [6, 6.07) is 12.2. The van der Waals surface area contributed by atoms with Gasteiger partial charge in [0, 0.05) is 6.07 Å². The van der Waals surface area contributed by atoms with E-state index in [2.05, 4.69) is 15.3 Å². The molecule has 1 heterocycles. The Morgan fingerprint density at radius 3 is 2.53 bits per heavy atom. The van der Waals surface area contributed by atoms with Crippen LogP contribution in [0.3, 0.4) is 0 Å². The molecule has 2 aromatic rings. The molecule has 0 saturated heterocycles. The zero-order chi connectivity index (χ0) is 12.9. The monoisotopic (exact) mass is 254 g/mol. The minimum absolute atomic E-state index is 0.494. The van der Waals surface area contributed by atoms with Crippen molar-refractivity contribution >= 4 is 11.5 Å². The Morgan fingerprint density at radius 1 is 0.947 bits per heavy atom. The van der Waals surface area contributed by atoms with E-state index in [0.29, 0.717) is 6.04 Å². The van der Waals surface area contributed by atoms with Crippen molar-refractivity contribution < 1.29 is 0 Å². The average molecular weight is 254 g/mol. The fourth-order valence-corrected chi connectivity index (χ4v) is 2.60. The molecule has 1 aliphatic rings. The van der Waals surface area contributed by atoms with Crippen LogP contribution in [0.25, 0.3) is 0 Å². The van der Waals surface area contributed by atoms with Gasteiger partial charge in [-0.05, 0) is 25.0 Å². The fraction of sp³-hybridized carbons (Fsp3) is 0.400. The van der Waals surface area contributed by atoms with Gasteiger partial charge >= 0.3 is 0 Å². The summed E-state index contributed by atoms with van der Waals surface area (Å²) >= 11 is 0. The first-order valence-electron chi connectivity index (χ1n) is 6.94. The maximum absolute atomic E-state index is 4.42. The van der Waals surface area contributed by atoms with E-state index in [0.717, 1.165) is 11.5 Å². The van der Waals surface area contributed by atoms with Crippen LogP contribution >= 0.6 is 0 Å². The maximum Gasteiger partial charge on any atom is 0.173 e. The van der Waals surface area contributed by atoms with Crippen molar-refractivity contribution in [1.29, 1.82) is 0 Å². The number of rotatable bonds is 3. The smallest absolute Gasteiger partial charge is 0.173 e. The Kier molecular flexibility index (Phi) is 3.68. The normalized spacial score (nSPS) is 17.1. The summed E-state index contributed by atoms with van der Waals surface area (Å²) in [6.07, 6.45) is 8.15. The molecular weight excluding hydrogens is 236 g/mol. The van der Waals surface area contributed by atoms with Crippen molar-refractivity contribution in [3.8, 4) is 0 Å². The van der Waals surface area contributed by atoms with Crippen molar-refractivity contribution in [3.63, 3.8) is 0 Å². The highest BCUT2D eigenvalue weighted by molar-refractivity contribution is 5.36. The van der Waals surface area contributed by atoms with Gasteiger partial charge in [0.25, 0.3) is 0 Å². The summed E-state index contributed by atoms with van der Waals surface area (Å²) in [5, 5.41) is 13.0. The van der Waals surface area contributed by atoms with Gasteiger partial charge in [-0.2, -0.15) is 5.10 Å². The Balaban J connectivity index is 1.78. The van der Waals surface area contributed by atoms with Crippen molar-refractivity contribution in [3.05, 3.63) is 42.6 Å². The number of hydrogen-bond acceptors (Lipinski definition) is 3. The van der Waals surface area contributed by atoms with Crippen LogP contribution < -0.4 is 0 Å². The molecule has 3 rings (SSSR count). The first kappa shape index (κ1) is 12.1. The Labute approximate surface area is 113 Å². The molecule has 0 amide bonds. The SMILES string of the molecule is c1ccc(/N=N/c2ccnn2C2CCCCC2)cc1. The molecule has 1 saturated carbocycles. The van der Waals surface area contributed by atoms with Gasteiger partial charge in [-0.15, -0.1) is 10.2 Å². The molecular formula is C15H18N4. The standard InChI is InChI=1S/C15H18N4/c1-3-7-13(8-4-1)17-18-15-11-12-16-19(15)14-9-5-2-6-10-14/h1,3-4,7-8,11-12,14H,2,5-6,9-10H2/b18-17+. The van der Waals surface area contributed by atoms with Crippen LogP contribution in [0.5, 0.6) is 0 Å². The van der Waals surface area contributed by atoms with E-state index in [1.807, 2.05) is 47.3 Å². The number of aromatic nitrogens is 2.